The molecule has 0 aromatic heterocycles. The van der Waals surface area contributed by atoms with E-state index in [-0.39, 0.29) is 6.10 Å². The van der Waals surface area contributed by atoms with Gasteiger partial charge in [-0.3, -0.25) is 4.90 Å². The smallest absolute Gasteiger partial charge is 0.123 e. The number of fused-ring (bicyclic) bond motifs is 1. The largest absolute Gasteiger partial charge is 0.488 e. The van der Waals surface area contributed by atoms with Crippen LogP contribution >= 0.6 is 0 Å². The summed E-state index contributed by atoms with van der Waals surface area (Å²) >= 11 is 0. The Bertz CT molecular complexity index is 410. The molecule has 1 aliphatic carbocycles. The maximum Gasteiger partial charge on any atom is 0.123 e. The van der Waals surface area contributed by atoms with E-state index in [1.54, 1.807) is 0 Å². The fourth-order valence-corrected chi connectivity index (χ4v) is 3.50. The third-order valence-corrected chi connectivity index (χ3v) is 4.55. The molecular weight excluding hydrogens is 236 g/mol. The summed E-state index contributed by atoms with van der Waals surface area (Å²) in [5, 5.41) is 0. The second-order valence-corrected chi connectivity index (χ2v) is 6.01. The number of hydrogen-bond donors (Lipinski definition) is 1. The minimum atomic E-state index is 0.288. The summed E-state index contributed by atoms with van der Waals surface area (Å²) in [5.41, 5.74) is 7.60. The minimum absolute atomic E-state index is 0.288. The van der Waals surface area contributed by atoms with Crippen molar-refractivity contribution >= 4 is 0 Å². The third kappa shape index (κ3) is 2.77. The van der Waals surface area contributed by atoms with Crippen LogP contribution in [0.25, 0.3) is 0 Å². The first-order chi connectivity index (χ1) is 9.24. The standard InChI is InChI=1S/C16H24N2O/c1-18(15-8-4-3-7-14(15)17)11-13-10-12-6-2-5-9-16(12)19-13/h2,5-6,9,13-15H,3-4,7-8,10-11,17H2,1H3. The predicted octanol–water partition coefficient (Wildman–Crippen LogP) is 2.19. The van der Waals surface area contributed by atoms with E-state index in [2.05, 4.69) is 30.1 Å². The molecule has 1 aliphatic heterocycles. The van der Waals surface area contributed by atoms with Gasteiger partial charge in [-0.05, 0) is 31.5 Å². The Morgan fingerprint density at radius 1 is 1.26 bits per heavy atom. The monoisotopic (exact) mass is 260 g/mol. The van der Waals surface area contributed by atoms with Gasteiger partial charge in [0.25, 0.3) is 0 Å². The zero-order chi connectivity index (χ0) is 13.2. The zero-order valence-corrected chi connectivity index (χ0v) is 11.7. The van der Waals surface area contributed by atoms with Crippen molar-refractivity contribution < 1.29 is 4.74 Å². The van der Waals surface area contributed by atoms with Crippen LogP contribution in [0, 0.1) is 0 Å². The quantitative estimate of drug-likeness (QED) is 0.905. The Labute approximate surface area is 115 Å². The van der Waals surface area contributed by atoms with Crippen LogP contribution in [0.3, 0.4) is 0 Å². The van der Waals surface area contributed by atoms with Crippen LogP contribution in [-0.4, -0.2) is 36.7 Å². The Balaban J connectivity index is 1.58. The summed E-state index contributed by atoms with van der Waals surface area (Å²) in [6.07, 6.45) is 6.32. The molecule has 2 aliphatic rings. The molecule has 0 saturated heterocycles. The average molecular weight is 260 g/mol. The normalized spacial score (nSPS) is 30.2. The van der Waals surface area contributed by atoms with Crippen LogP contribution < -0.4 is 10.5 Å². The van der Waals surface area contributed by atoms with Gasteiger partial charge in [-0.2, -0.15) is 0 Å². The number of para-hydroxylation sites is 1. The molecule has 0 radical (unpaired) electrons. The van der Waals surface area contributed by atoms with Crippen molar-refractivity contribution in [3.05, 3.63) is 29.8 Å². The second-order valence-electron chi connectivity index (χ2n) is 6.01. The Morgan fingerprint density at radius 3 is 2.84 bits per heavy atom. The van der Waals surface area contributed by atoms with E-state index < -0.39 is 0 Å². The third-order valence-electron chi connectivity index (χ3n) is 4.55. The molecule has 3 unspecified atom stereocenters. The predicted molar refractivity (Wildman–Crippen MR) is 77.4 cm³/mol. The van der Waals surface area contributed by atoms with Gasteiger partial charge in [0.15, 0.2) is 0 Å². The molecule has 1 aromatic rings. The molecule has 19 heavy (non-hydrogen) atoms. The van der Waals surface area contributed by atoms with Gasteiger partial charge in [0, 0.05) is 25.0 Å². The summed E-state index contributed by atoms with van der Waals surface area (Å²) in [6.45, 7) is 0.979. The maximum atomic E-state index is 6.26. The molecule has 1 saturated carbocycles. The van der Waals surface area contributed by atoms with E-state index in [4.69, 9.17) is 10.5 Å². The van der Waals surface area contributed by atoms with Gasteiger partial charge >= 0.3 is 0 Å². The average Bonchev–Trinajstić information content (AvgIpc) is 2.81. The van der Waals surface area contributed by atoms with Crippen molar-refractivity contribution in [3.63, 3.8) is 0 Å². The minimum Gasteiger partial charge on any atom is -0.488 e. The number of ether oxygens (including phenoxy) is 1. The maximum absolute atomic E-state index is 6.26. The lowest BCUT2D eigenvalue weighted by molar-refractivity contribution is 0.109. The zero-order valence-electron chi connectivity index (χ0n) is 11.7. The summed E-state index contributed by atoms with van der Waals surface area (Å²) in [6, 6.07) is 9.24. The van der Waals surface area contributed by atoms with Crippen LogP contribution in [0.1, 0.15) is 31.2 Å². The van der Waals surface area contributed by atoms with Crippen LogP contribution in [-0.2, 0) is 6.42 Å². The van der Waals surface area contributed by atoms with Crippen molar-refractivity contribution in [2.24, 2.45) is 5.73 Å². The van der Waals surface area contributed by atoms with Crippen molar-refractivity contribution in [1.82, 2.24) is 4.90 Å². The first-order valence-corrected chi connectivity index (χ1v) is 7.44. The number of benzene rings is 1. The van der Waals surface area contributed by atoms with Crippen LogP contribution in [0.4, 0.5) is 0 Å². The molecule has 104 valence electrons. The molecule has 3 atom stereocenters. The fourth-order valence-electron chi connectivity index (χ4n) is 3.50. The topological polar surface area (TPSA) is 38.5 Å². The highest BCUT2D eigenvalue weighted by atomic mass is 16.5. The highest BCUT2D eigenvalue weighted by Crippen LogP contribution is 2.29. The first kappa shape index (κ1) is 12.9. The van der Waals surface area contributed by atoms with Crippen LogP contribution in [0.2, 0.25) is 0 Å². The van der Waals surface area contributed by atoms with Gasteiger partial charge in [-0.15, -0.1) is 0 Å². The summed E-state index contributed by atoms with van der Waals surface area (Å²) in [5.74, 6) is 1.06. The first-order valence-electron chi connectivity index (χ1n) is 7.44. The van der Waals surface area contributed by atoms with E-state index in [1.165, 1.54) is 31.2 Å². The van der Waals surface area contributed by atoms with Gasteiger partial charge in [-0.25, -0.2) is 0 Å². The van der Waals surface area contributed by atoms with Crippen LogP contribution in [0.5, 0.6) is 5.75 Å². The van der Waals surface area contributed by atoms with E-state index >= 15 is 0 Å². The molecule has 1 aromatic carbocycles. The van der Waals surface area contributed by atoms with Gasteiger partial charge in [0.2, 0.25) is 0 Å². The molecular formula is C16H24N2O. The van der Waals surface area contributed by atoms with Crippen molar-refractivity contribution in [3.8, 4) is 5.75 Å². The molecule has 3 nitrogen and oxygen atoms in total. The Hall–Kier alpha value is -1.06. The van der Waals surface area contributed by atoms with Gasteiger partial charge in [0.05, 0.1) is 0 Å². The summed E-state index contributed by atoms with van der Waals surface area (Å²) in [7, 11) is 2.20. The lowest BCUT2D eigenvalue weighted by atomic mass is 9.90. The SMILES string of the molecule is CN(CC1Cc2ccccc2O1)C1CCCCC1N. The molecule has 0 spiro atoms. The van der Waals surface area contributed by atoms with E-state index in [0.29, 0.717) is 12.1 Å². The van der Waals surface area contributed by atoms with Crippen LogP contribution in [0.15, 0.2) is 24.3 Å². The number of nitrogens with two attached hydrogens (primary N) is 1. The van der Waals surface area contributed by atoms with Gasteiger partial charge in [0.1, 0.15) is 11.9 Å². The number of rotatable bonds is 3. The number of nitrogens with zero attached hydrogens (tertiary/aromatic N) is 1. The highest BCUT2D eigenvalue weighted by Gasteiger charge is 2.29. The van der Waals surface area contributed by atoms with E-state index in [9.17, 15) is 0 Å². The Kier molecular flexibility index (Phi) is 3.76. The molecule has 0 amide bonds. The second kappa shape index (κ2) is 5.51. The molecule has 1 heterocycles. The van der Waals surface area contributed by atoms with E-state index in [1.807, 2.05) is 6.07 Å². The molecule has 3 heteroatoms. The fraction of sp³-hybridized carbons (Fsp3) is 0.625. The van der Waals surface area contributed by atoms with Gasteiger partial charge < -0.3 is 10.5 Å². The molecule has 2 N–H and O–H groups in total. The lowest BCUT2D eigenvalue weighted by Gasteiger charge is -2.37. The van der Waals surface area contributed by atoms with Crippen molar-refractivity contribution in [1.29, 1.82) is 0 Å². The molecule has 1 fully saturated rings. The van der Waals surface area contributed by atoms with Crippen molar-refractivity contribution in [2.45, 2.75) is 50.3 Å². The highest BCUT2D eigenvalue weighted by molar-refractivity contribution is 5.37. The summed E-state index contributed by atoms with van der Waals surface area (Å²) in [4.78, 5) is 2.42. The van der Waals surface area contributed by atoms with Gasteiger partial charge in [-0.1, -0.05) is 31.0 Å². The summed E-state index contributed by atoms with van der Waals surface area (Å²) < 4.78 is 6.02. The Morgan fingerprint density at radius 2 is 2.05 bits per heavy atom. The van der Waals surface area contributed by atoms with E-state index in [0.717, 1.165) is 18.7 Å². The molecule has 3 rings (SSSR count). The number of likely N-dealkylation sites (N-methyl/N-ethyl adjacent to an activating group) is 1. The number of hydrogen-bond acceptors (Lipinski definition) is 3. The lowest BCUT2D eigenvalue weighted by Crippen LogP contribution is -2.50. The van der Waals surface area contributed by atoms with Crippen molar-refractivity contribution in [2.75, 3.05) is 13.6 Å². The molecule has 0 bridgehead atoms.